The SMILES string of the molecule is Cc1ccc(N2C(=O)C3C4CCCC4CN3C2=O)cc1Cl. The van der Waals surface area contributed by atoms with Crippen molar-refractivity contribution in [2.24, 2.45) is 11.8 Å². The Morgan fingerprint density at radius 2 is 2.05 bits per heavy atom. The average Bonchev–Trinajstić information content (AvgIpc) is 3.07. The molecule has 0 aromatic heterocycles. The van der Waals surface area contributed by atoms with Crippen molar-refractivity contribution in [2.45, 2.75) is 32.2 Å². The molecule has 21 heavy (non-hydrogen) atoms. The molecule has 0 N–H and O–H groups in total. The normalized spacial score (nSPS) is 31.0. The van der Waals surface area contributed by atoms with E-state index in [0.29, 0.717) is 22.5 Å². The summed E-state index contributed by atoms with van der Waals surface area (Å²) in [5.41, 5.74) is 1.53. The van der Waals surface area contributed by atoms with Gasteiger partial charge in [0.15, 0.2) is 0 Å². The van der Waals surface area contributed by atoms with E-state index in [1.54, 1.807) is 17.0 Å². The predicted molar refractivity (Wildman–Crippen MR) is 80.4 cm³/mol. The molecule has 1 aliphatic carbocycles. The van der Waals surface area contributed by atoms with Crippen molar-refractivity contribution in [1.29, 1.82) is 0 Å². The highest BCUT2D eigenvalue weighted by atomic mass is 35.5. The molecule has 3 unspecified atom stereocenters. The van der Waals surface area contributed by atoms with Crippen LogP contribution >= 0.6 is 11.6 Å². The van der Waals surface area contributed by atoms with Crippen LogP contribution in [0.2, 0.25) is 5.02 Å². The Kier molecular flexibility index (Phi) is 2.80. The Labute approximate surface area is 128 Å². The molecular formula is C16H17ClN2O2. The van der Waals surface area contributed by atoms with Crippen molar-refractivity contribution in [3.05, 3.63) is 28.8 Å². The zero-order valence-electron chi connectivity index (χ0n) is 11.9. The fraction of sp³-hybridized carbons (Fsp3) is 0.500. The zero-order chi connectivity index (χ0) is 14.7. The van der Waals surface area contributed by atoms with Gasteiger partial charge in [0.1, 0.15) is 6.04 Å². The van der Waals surface area contributed by atoms with E-state index in [1.807, 2.05) is 13.0 Å². The van der Waals surface area contributed by atoms with E-state index < -0.39 is 0 Å². The second-order valence-corrected chi connectivity index (χ2v) is 6.75. The lowest BCUT2D eigenvalue weighted by Crippen LogP contribution is -2.35. The number of benzene rings is 1. The fourth-order valence-electron chi connectivity index (χ4n) is 4.13. The number of hydrogen-bond donors (Lipinski definition) is 0. The van der Waals surface area contributed by atoms with E-state index in [1.165, 1.54) is 11.3 Å². The highest BCUT2D eigenvalue weighted by molar-refractivity contribution is 6.32. The van der Waals surface area contributed by atoms with Crippen LogP contribution in [0.3, 0.4) is 0 Å². The fourth-order valence-corrected chi connectivity index (χ4v) is 4.31. The number of aryl methyl sites for hydroxylation is 1. The van der Waals surface area contributed by atoms with Gasteiger partial charge in [-0.3, -0.25) is 4.79 Å². The molecule has 1 aromatic rings. The van der Waals surface area contributed by atoms with Crippen molar-refractivity contribution < 1.29 is 9.59 Å². The van der Waals surface area contributed by atoms with Crippen LogP contribution in [0.1, 0.15) is 24.8 Å². The zero-order valence-corrected chi connectivity index (χ0v) is 12.6. The Morgan fingerprint density at radius 3 is 2.81 bits per heavy atom. The van der Waals surface area contributed by atoms with Gasteiger partial charge in [-0.2, -0.15) is 0 Å². The standard InChI is InChI=1S/C16H17ClN2O2/c1-9-5-6-11(7-13(9)17)19-15(20)14-12-4-2-3-10(12)8-18(14)16(19)21/h5-7,10,12,14H,2-4,8H2,1H3. The average molecular weight is 305 g/mol. The summed E-state index contributed by atoms with van der Waals surface area (Å²) in [4.78, 5) is 28.4. The summed E-state index contributed by atoms with van der Waals surface area (Å²) in [6, 6.07) is 4.93. The van der Waals surface area contributed by atoms with Crippen LogP contribution in [0.5, 0.6) is 0 Å². The van der Waals surface area contributed by atoms with Gasteiger partial charge in [-0.05, 0) is 49.3 Å². The summed E-state index contributed by atoms with van der Waals surface area (Å²) >= 11 is 6.13. The molecule has 2 aliphatic heterocycles. The van der Waals surface area contributed by atoms with E-state index in [9.17, 15) is 9.59 Å². The molecule has 3 atom stereocenters. The van der Waals surface area contributed by atoms with Gasteiger partial charge in [-0.1, -0.05) is 24.1 Å². The molecule has 4 nitrogen and oxygen atoms in total. The number of carbonyl (C=O) groups is 2. The number of anilines is 1. The van der Waals surface area contributed by atoms with Gasteiger partial charge >= 0.3 is 6.03 Å². The molecule has 1 aromatic carbocycles. The van der Waals surface area contributed by atoms with Gasteiger partial charge in [-0.15, -0.1) is 0 Å². The lowest BCUT2D eigenvalue weighted by molar-refractivity contribution is -0.120. The topological polar surface area (TPSA) is 40.6 Å². The quantitative estimate of drug-likeness (QED) is 0.748. The molecular weight excluding hydrogens is 288 g/mol. The third-order valence-corrected chi connectivity index (χ3v) is 5.62. The highest BCUT2D eigenvalue weighted by Gasteiger charge is 2.57. The summed E-state index contributed by atoms with van der Waals surface area (Å²) in [5.74, 6) is 0.799. The van der Waals surface area contributed by atoms with Crippen molar-refractivity contribution >= 4 is 29.2 Å². The molecule has 110 valence electrons. The summed E-state index contributed by atoms with van der Waals surface area (Å²) in [6.07, 6.45) is 3.39. The Hall–Kier alpha value is -1.55. The molecule has 3 aliphatic rings. The van der Waals surface area contributed by atoms with Crippen LogP contribution in [0, 0.1) is 18.8 Å². The number of nitrogens with zero attached hydrogens (tertiary/aromatic N) is 2. The van der Waals surface area contributed by atoms with E-state index >= 15 is 0 Å². The van der Waals surface area contributed by atoms with Crippen LogP contribution in [0.15, 0.2) is 18.2 Å². The number of hydrogen-bond acceptors (Lipinski definition) is 2. The first-order valence-electron chi connectivity index (χ1n) is 7.48. The summed E-state index contributed by atoms with van der Waals surface area (Å²) in [7, 11) is 0. The van der Waals surface area contributed by atoms with Gasteiger partial charge in [0, 0.05) is 11.6 Å². The molecule has 2 saturated heterocycles. The monoisotopic (exact) mass is 304 g/mol. The number of carbonyl (C=O) groups excluding carboxylic acids is 2. The maximum absolute atomic E-state index is 12.8. The van der Waals surface area contributed by atoms with Crippen molar-refractivity contribution in [1.82, 2.24) is 4.90 Å². The maximum atomic E-state index is 12.8. The molecule has 3 amide bonds. The molecule has 3 fully saturated rings. The number of halogens is 1. The van der Waals surface area contributed by atoms with E-state index in [4.69, 9.17) is 11.6 Å². The largest absolute Gasteiger partial charge is 0.332 e. The molecule has 0 bridgehead atoms. The smallest absolute Gasteiger partial charge is 0.311 e. The van der Waals surface area contributed by atoms with E-state index in [2.05, 4.69) is 0 Å². The second-order valence-electron chi connectivity index (χ2n) is 6.34. The number of urea groups is 1. The molecule has 4 rings (SSSR count). The van der Waals surface area contributed by atoms with Crippen molar-refractivity contribution in [2.75, 3.05) is 11.4 Å². The second kappa shape index (κ2) is 4.47. The molecule has 2 heterocycles. The Bertz CT molecular complexity index is 645. The lowest BCUT2D eigenvalue weighted by Gasteiger charge is -2.18. The number of amides is 3. The maximum Gasteiger partial charge on any atom is 0.332 e. The summed E-state index contributed by atoms with van der Waals surface area (Å²) in [5, 5.41) is 0.582. The highest BCUT2D eigenvalue weighted by Crippen LogP contribution is 2.46. The lowest BCUT2D eigenvalue weighted by atomic mass is 9.93. The van der Waals surface area contributed by atoms with Gasteiger partial charge < -0.3 is 4.90 Å². The van der Waals surface area contributed by atoms with Crippen LogP contribution in [0.25, 0.3) is 0 Å². The Morgan fingerprint density at radius 1 is 1.24 bits per heavy atom. The van der Waals surface area contributed by atoms with Crippen molar-refractivity contribution in [3.8, 4) is 0 Å². The minimum absolute atomic E-state index is 0.0747. The van der Waals surface area contributed by atoms with Crippen LogP contribution in [-0.4, -0.2) is 29.4 Å². The molecule has 0 spiro atoms. The molecule has 0 radical (unpaired) electrons. The number of imide groups is 1. The minimum Gasteiger partial charge on any atom is -0.311 e. The Balaban J connectivity index is 1.70. The van der Waals surface area contributed by atoms with Crippen LogP contribution in [0.4, 0.5) is 10.5 Å². The first-order valence-corrected chi connectivity index (χ1v) is 7.86. The third-order valence-electron chi connectivity index (χ3n) is 5.21. The predicted octanol–water partition coefficient (Wildman–Crippen LogP) is 3.22. The van der Waals surface area contributed by atoms with Crippen LogP contribution < -0.4 is 4.90 Å². The molecule has 5 heteroatoms. The first kappa shape index (κ1) is 13.1. The minimum atomic E-state index is -0.245. The van der Waals surface area contributed by atoms with E-state index in [-0.39, 0.29) is 18.0 Å². The van der Waals surface area contributed by atoms with Crippen LogP contribution in [-0.2, 0) is 4.79 Å². The van der Waals surface area contributed by atoms with E-state index in [0.717, 1.165) is 24.9 Å². The van der Waals surface area contributed by atoms with Crippen molar-refractivity contribution in [3.63, 3.8) is 0 Å². The first-order chi connectivity index (χ1) is 10.1. The van der Waals surface area contributed by atoms with Gasteiger partial charge in [0.2, 0.25) is 0 Å². The third kappa shape index (κ3) is 1.75. The van der Waals surface area contributed by atoms with Gasteiger partial charge in [-0.25, -0.2) is 9.69 Å². The number of rotatable bonds is 1. The molecule has 1 saturated carbocycles. The number of fused-ring (bicyclic) bond motifs is 3. The summed E-state index contributed by atoms with van der Waals surface area (Å²) in [6.45, 7) is 2.64. The van der Waals surface area contributed by atoms with Gasteiger partial charge in [0.25, 0.3) is 5.91 Å². The summed E-state index contributed by atoms with van der Waals surface area (Å²) < 4.78 is 0. The van der Waals surface area contributed by atoms with Gasteiger partial charge in [0.05, 0.1) is 5.69 Å².